The van der Waals surface area contributed by atoms with Crippen LogP contribution in [0.5, 0.6) is 5.88 Å². The molecule has 0 radical (unpaired) electrons. The van der Waals surface area contributed by atoms with Crippen molar-refractivity contribution in [1.82, 2.24) is 15.0 Å². The lowest BCUT2D eigenvalue weighted by Crippen LogP contribution is -2.29. The monoisotopic (exact) mass is 421 g/mol. The van der Waals surface area contributed by atoms with Gasteiger partial charge in [-0.05, 0) is 81.8 Å². The van der Waals surface area contributed by atoms with E-state index >= 15 is 0 Å². The number of rotatable bonds is 7. The topological polar surface area (TPSA) is 63.2 Å². The molecule has 3 fully saturated rings. The summed E-state index contributed by atoms with van der Waals surface area (Å²) in [6.07, 6.45) is 15.1. The molecule has 3 heterocycles. The van der Waals surface area contributed by atoms with Crippen molar-refractivity contribution in [2.24, 2.45) is 11.8 Å². The van der Waals surface area contributed by atoms with Gasteiger partial charge >= 0.3 is 0 Å². The van der Waals surface area contributed by atoms with E-state index in [-0.39, 0.29) is 0 Å². The molecule has 2 aromatic rings. The van der Waals surface area contributed by atoms with Gasteiger partial charge in [0, 0.05) is 37.1 Å². The zero-order valence-corrected chi connectivity index (χ0v) is 18.7. The van der Waals surface area contributed by atoms with Crippen LogP contribution in [0, 0.1) is 11.8 Å². The van der Waals surface area contributed by atoms with E-state index in [1.165, 1.54) is 57.8 Å². The maximum absolute atomic E-state index is 6.18. The average Bonchev–Trinajstić information content (AvgIpc) is 3.65. The Hall–Kier alpha value is -2.37. The molecular weight excluding hydrogens is 386 g/mol. The molecule has 166 valence electrons. The van der Waals surface area contributed by atoms with E-state index in [0.717, 1.165) is 42.6 Å². The summed E-state index contributed by atoms with van der Waals surface area (Å²) in [4.78, 5) is 16.6. The van der Waals surface area contributed by atoms with Crippen molar-refractivity contribution in [2.75, 3.05) is 29.9 Å². The number of pyridine rings is 1. The third-order valence-corrected chi connectivity index (χ3v) is 6.99. The van der Waals surface area contributed by atoms with E-state index in [1.54, 1.807) is 0 Å². The van der Waals surface area contributed by atoms with Gasteiger partial charge in [-0.25, -0.2) is 9.97 Å². The molecule has 1 aliphatic heterocycles. The van der Waals surface area contributed by atoms with E-state index in [9.17, 15) is 0 Å². The van der Waals surface area contributed by atoms with Crippen molar-refractivity contribution in [2.45, 2.75) is 70.8 Å². The van der Waals surface area contributed by atoms with Crippen LogP contribution < -0.4 is 15.0 Å². The number of nitrogens with zero attached hydrogens (tertiary/aromatic N) is 4. The normalized spacial score (nSPS) is 24.1. The molecule has 0 bridgehead atoms. The highest BCUT2D eigenvalue weighted by atomic mass is 16.5. The molecule has 2 aliphatic carbocycles. The van der Waals surface area contributed by atoms with Gasteiger partial charge in [-0.1, -0.05) is 6.92 Å². The number of ether oxygens (including phenoxy) is 1. The molecule has 6 heteroatoms. The van der Waals surface area contributed by atoms with Crippen LogP contribution in [-0.4, -0.2) is 40.7 Å². The molecular formula is C25H35N5O. The van der Waals surface area contributed by atoms with Crippen LogP contribution in [0.2, 0.25) is 0 Å². The molecule has 1 N–H and O–H groups in total. The Morgan fingerprint density at radius 1 is 0.968 bits per heavy atom. The Bertz CT molecular complexity index is 853. The summed E-state index contributed by atoms with van der Waals surface area (Å²) in [5.41, 5.74) is 1.95. The molecule has 2 aromatic heterocycles. The van der Waals surface area contributed by atoms with E-state index in [4.69, 9.17) is 14.7 Å². The van der Waals surface area contributed by atoms with Gasteiger partial charge < -0.3 is 15.0 Å². The first-order valence-electron chi connectivity index (χ1n) is 12.2. The van der Waals surface area contributed by atoms with Crippen LogP contribution in [0.25, 0.3) is 11.1 Å². The van der Waals surface area contributed by atoms with Crippen molar-refractivity contribution < 1.29 is 4.74 Å². The molecule has 0 spiro atoms. The maximum atomic E-state index is 6.18. The highest BCUT2D eigenvalue weighted by molar-refractivity contribution is 5.68. The van der Waals surface area contributed by atoms with E-state index in [1.807, 2.05) is 12.4 Å². The number of piperidine rings is 1. The van der Waals surface area contributed by atoms with Crippen LogP contribution in [0.1, 0.15) is 64.7 Å². The Morgan fingerprint density at radius 2 is 1.77 bits per heavy atom. The number of hydrogen-bond acceptors (Lipinski definition) is 6. The van der Waals surface area contributed by atoms with Gasteiger partial charge in [-0.2, -0.15) is 4.98 Å². The molecule has 0 atom stereocenters. The minimum absolute atomic E-state index is 0.462. The van der Waals surface area contributed by atoms with Gasteiger partial charge in [-0.15, -0.1) is 0 Å². The average molecular weight is 422 g/mol. The molecule has 0 aromatic carbocycles. The third kappa shape index (κ3) is 5.28. The molecule has 31 heavy (non-hydrogen) atoms. The molecule has 3 aliphatic rings. The van der Waals surface area contributed by atoms with Gasteiger partial charge in [-0.3, -0.25) is 0 Å². The summed E-state index contributed by atoms with van der Waals surface area (Å²) < 4.78 is 6.18. The predicted octanol–water partition coefficient (Wildman–Crippen LogP) is 5.31. The number of aromatic nitrogens is 3. The second-order valence-corrected chi connectivity index (χ2v) is 9.72. The molecule has 1 saturated heterocycles. The van der Waals surface area contributed by atoms with Crippen LogP contribution in [0.3, 0.4) is 0 Å². The Morgan fingerprint density at radius 3 is 2.48 bits per heavy atom. The van der Waals surface area contributed by atoms with Crippen molar-refractivity contribution in [1.29, 1.82) is 0 Å². The Kier molecular flexibility index (Phi) is 6.23. The molecule has 0 unspecified atom stereocenters. The van der Waals surface area contributed by atoms with Crippen LogP contribution in [0.15, 0.2) is 24.5 Å². The first kappa shape index (κ1) is 20.5. The fourth-order valence-electron chi connectivity index (χ4n) is 4.67. The number of nitrogens with one attached hydrogen (secondary N) is 1. The van der Waals surface area contributed by atoms with Gasteiger partial charge in [0.1, 0.15) is 5.82 Å². The molecule has 2 saturated carbocycles. The molecule has 5 rings (SSSR count). The van der Waals surface area contributed by atoms with Crippen LogP contribution in [-0.2, 0) is 0 Å². The zero-order chi connectivity index (χ0) is 21.0. The van der Waals surface area contributed by atoms with Gasteiger partial charge in [0.2, 0.25) is 11.8 Å². The summed E-state index contributed by atoms with van der Waals surface area (Å²) in [5, 5.41) is 3.55. The fraction of sp³-hybridized carbons (Fsp3) is 0.640. The summed E-state index contributed by atoms with van der Waals surface area (Å²) in [6.45, 7) is 5.29. The maximum Gasteiger partial charge on any atom is 0.226 e. The molecule has 0 amide bonds. The SMILES string of the molecule is CC1CCC(Nc2ncc(-c3ccc(N4CCCCC4)nc3)c(OCC3CC3)n2)CC1. The quantitative estimate of drug-likeness (QED) is 0.654. The van der Waals surface area contributed by atoms with Crippen LogP contribution in [0.4, 0.5) is 11.8 Å². The third-order valence-electron chi connectivity index (χ3n) is 6.99. The van der Waals surface area contributed by atoms with Crippen molar-refractivity contribution in [3.63, 3.8) is 0 Å². The second-order valence-electron chi connectivity index (χ2n) is 9.72. The highest BCUT2D eigenvalue weighted by Crippen LogP contribution is 2.34. The standard InChI is InChI=1S/C25H35N5O/c1-18-5-10-21(11-6-18)28-25-27-16-22(24(29-25)31-17-19-7-8-19)20-9-12-23(26-15-20)30-13-3-2-4-14-30/h9,12,15-16,18-19,21H,2-8,10-11,13-14,17H2,1H3,(H,27,28,29). The summed E-state index contributed by atoms with van der Waals surface area (Å²) in [7, 11) is 0. The second kappa shape index (κ2) is 9.41. The largest absolute Gasteiger partial charge is 0.477 e. The first-order chi connectivity index (χ1) is 15.2. The van der Waals surface area contributed by atoms with Gasteiger partial charge in [0.25, 0.3) is 0 Å². The lowest BCUT2D eigenvalue weighted by molar-refractivity contribution is 0.289. The number of hydrogen-bond donors (Lipinski definition) is 1. The van der Waals surface area contributed by atoms with E-state index in [2.05, 4.69) is 34.3 Å². The van der Waals surface area contributed by atoms with E-state index < -0.39 is 0 Å². The lowest BCUT2D eigenvalue weighted by atomic mass is 9.87. The molecule has 6 nitrogen and oxygen atoms in total. The summed E-state index contributed by atoms with van der Waals surface area (Å²) >= 11 is 0. The van der Waals surface area contributed by atoms with Crippen LogP contribution >= 0.6 is 0 Å². The summed E-state index contributed by atoms with van der Waals surface area (Å²) in [6, 6.07) is 4.72. The fourth-order valence-corrected chi connectivity index (χ4v) is 4.67. The predicted molar refractivity (Wildman–Crippen MR) is 125 cm³/mol. The van der Waals surface area contributed by atoms with Crippen molar-refractivity contribution in [3.05, 3.63) is 24.5 Å². The highest BCUT2D eigenvalue weighted by Gasteiger charge is 2.24. The van der Waals surface area contributed by atoms with Crippen molar-refractivity contribution in [3.8, 4) is 17.0 Å². The van der Waals surface area contributed by atoms with Gasteiger partial charge in [0.05, 0.1) is 12.2 Å². The minimum atomic E-state index is 0.462. The summed E-state index contributed by atoms with van der Waals surface area (Å²) in [5.74, 6) is 3.94. The van der Waals surface area contributed by atoms with Gasteiger partial charge in [0.15, 0.2) is 0 Å². The minimum Gasteiger partial charge on any atom is -0.477 e. The smallest absolute Gasteiger partial charge is 0.226 e. The number of anilines is 2. The lowest BCUT2D eigenvalue weighted by Gasteiger charge is -2.27. The van der Waals surface area contributed by atoms with Crippen molar-refractivity contribution >= 4 is 11.8 Å². The Labute approximate surface area is 185 Å². The Balaban J connectivity index is 1.33. The zero-order valence-electron chi connectivity index (χ0n) is 18.7. The van der Waals surface area contributed by atoms with E-state index in [0.29, 0.717) is 23.8 Å². The first-order valence-corrected chi connectivity index (χ1v) is 12.2.